The second kappa shape index (κ2) is 6.49. The molecule has 14 heavy (non-hydrogen) atoms. The molecule has 0 fully saturated rings. The van der Waals surface area contributed by atoms with Crippen molar-refractivity contribution in [2.45, 2.75) is 26.3 Å². The monoisotopic (exact) mass is 269 g/mol. The van der Waals surface area contributed by atoms with Gasteiger partial charge in [-0.15, -0.1) is 6.07 Å². The van der Waals surface area contributed by atoms with E-state index in [-0.39, 0.29) is 44.9 Å². The van der Waals surface area contributed by atoms with Crippen molar-refractivity contribution < 1.29 is 37.8 Å². The predicted molar refractivity (Wildman–Crippen MR) is 50.7 cm³/mol. The zero-order chi connectivity index (χ0) is 9.84. The molecule has 0 spiro atoms. The summed E-state index contributed by atoms with van der Waals surface area (Å²) in [7, 11) is 0. The molecule has 0 aromatic carbocycles. The Hall–Kier alpha value is 0.0139. The third-order valence-corrected chi connectivity index (χ3v) is 1.91. The van der Waals surface area contributed by atoms with Crippen LogP contribution in [0.1, 0.15) is 25.3 Å². The minimum atomic E-state index is -0.0727. The maximum absolute atomic E-state index is 11.4. The van der Waals surface area contributed by atoms with Gasteiger partial charge in [-0.25, -0.2) is 11.6 Å². The molecule has 75 valence electrons. The Kier molecular flexibility index (Phi) is 6.50. The average molecular weight is 269 g/mol. The third-order valence-electron chi connectivity index (χ3n) is 1.91. The van der Waals surface area contributed by atoms with E-state index >= 15 is 0 Å². The fourth-order valence-corrected chi connectivity index (χ4v) is 1.09. The number of hydrogen-bond donors (Lipinski definition) is 1. The van der Waals surface area contributed by atoms with Crippen LogP contribution in [-0.4, -0.2) is 16.3 Å². The molecular weight excluding hydrogens is 255 g/mol. The summed E-state index contributed by atoms with van der Waals surface area (Å²) in [5, 5.41) is 8.65. The summed E-state index contributed by atoms with van der Waals surface area (Å²) in [4.78, 5) is 11.4. The molecule has 0 aliphatic heterocycles. The van der Waals surface area contributed by atoms with Crippen LogP contribution in [0.4, 0.5) is 0 Å². The van der Waals surface area contributed by atoms with E-state index in [1.54, 1.807) is 12.3 Å². The van der Waals surface area contributed by atoms with E-state index in [2.05, 4.69) is 6.07 Å². The maximum atomic E-state index is 11.4. The van der Waals surface area contributed by atoms with Gasteiger partial charge in [0.1, 0.15) is 0 Å². The van der Waals surface area contributed by atoms with Crippen LogP contribution in [0.5, 0.6) is 0 Å². The zero-order valence-electron chi connectivity index (χ0n) is 8.53. The topological polar surface area (TPSA) is 42.2 Å². The summed E-state index contributed by atoms with van der Waals surface area (Å²) in [6.07, 6.45) is 1.61. The summed E-state index contributed by atoms with van der Waals surface area (Å²) < 4.78 is 1.45. The predicted octanol–water partition coefficient (Wildman–Crippen LogP) is 0.762. The van der Waals surface area contributed by atoms with Crippen LogP contribution in [0, 0.1) is 6.07 Å². The first kappa shape index (κ1) is 14.0. The molecule has 0 amide bonds. The van der Waals surface area contributed by atoms with E-state index in [0.717, 1.165) is 5.56 Å². The standard InChI is InChI=1S/C10H14NO2.Y/c1-8(2)9-3-4-11(5-6-12)10(13)7-9;/h4,7-8,12H,5-6H2,1-2H3;/q-1;. The molecule has 1 aromatic heterocycles. The van der Waals surface area contributed by atoms with Crippen LogP contribution in [0.25, 0.3) is 0 Å². The van der Waals surface area contributed by atoms with Crippen LogP contribution in [-0.2, 0) is 39.3 Å². The molecule has 0 saturated carbocycles. The van der Waals surface area contributed by atoms with E-state index in [0.29, 0.717) is 12.5 Å². The van der Waals surface area contributed by atoms with Gasteiger partial charge in [0.15, 0.2) is 5.56 Å². The van der Waals surface area contributed by atoms with Crippen molar-refractivity contribution in [3.63, 3.8) is 0 Å². The average Bonchev–Trinajstić information content (AvgIpc) is 2.08. The van der Waals surface area contributed by atoms with Gasteiger partial charge in [-0.3, -0.25) is 4.79 Å². The first-order valence-corrected chi connectivity index (χ1v) is 4.38. The van der Waals surface area contributed by atoms with Gasteiger partial charge in [-0.1, -0.05) is 26.0 Å². The fraction of sp³-hybridized carbons (Fsp3) is 0.500. The normalized spacial score (nSPS) is 10.0. The largest absolute Gasteiger partial charge is 0.395 e. The number of aliphatic hydroxyl groups is 1. The van der Waals surface area contributed by atoms with Crippen molar-refractivity contribution in [2.24, 2.45) is 0 Å². The van der Waals surface area contributed by atoms with E-state index in [4.69, 9.17) is 5.11 Å². The molecule has 1 heterocycles. The van der Waals surface area contributed by atoms with Crippen molar-refractivity contribution in [2.75, 3.05) is 6.61 Å². The second-order valence-corrected chi connectivity index (χ2v) is 3.28. The quantitative estimate of drug-likeness (QED) is 0.823. The number of rotatable bonds is 3. The van der Waals surface area contributed by atoms with E-state index < -0.39 is 0 Å². The van der Waals surface area contributed by atoms with Gasteiger partial charge in [0.05, 0.1) is 6.61 Å². The summed E-state index contributed by atoms with van der Waals surface area (Å²) >= 11 is 0. The van der Waals surface area contributed by atoms with Crippen molar-refractivity contribution in [1.82, 2.24) is 4.57 Å². The first-order chi connectivity index (χ1) is 6.15. The molecule has 1 rings (SSSR count). The molecule has 1 aromatic rings. The molecule has 0 bridgehead atoms. The third kappa shape index (κ3) is 3.64. The van der Waals surface area contributed by atoms with Crippen LogP contribution in [0.2, 0.25) is 0 Å². The molecule has 4 heteroatoms. The van der Waals surface area contributed by atoms with Gasteiger partial charge in [0.25, 0.3) is 0 Å². The molecule has 3 nitrogen and oxygen atoms in total. The van der Waals surface area contributed by atoms with Gasteiger partial charge >= 0.3 is 0 Å². The minimum Gasteiger partial charge on any atom is -0.395 e. The molecule has 0 atom stereocenters. The van der Waals surface area contributed by atoms with Gasteiger partial charge in [0, 0.05) is 39.3 Å². The van der Waals surface area contributed by atoms with Gasteiger partial charge in [-0.2, -0.15) is 0 Å². The second-order valence-electron chi connectivity index (χ2n) is 3.28. The minimum absolute atomic E-state index is 0. The molecule has 1 radical (unpaired) electrons. The van der Waals surface area contributed by atoms with Gasteiger partial charge in [-0.05, 0) is 0 Å². The summed E-state index contributed by atoms with van der Waals surface area (Å²) in [5.41, 5.74) is 0.843. The van der Waals surface area contributed by atoms with Crippen LogP contribution in [0.3, 0.4) is 0 Å². The fourth-order valence-electron chi connectivity index (χ4n) is 1.09. The number of aliphatic hydroxyl groups excluding tert-OH is 1. The SMILES string of the molecule is CC(C)c1[c-]cn(CCO)c(=O)c1.[Y]. The summed E-state index contributed by atoms with van der Waals surface area (Å²) in [6, 6.07) is 4.58. The van der Waals surface area contributed by atoms with Crippen LogP contribution in [0.15, 0.2) is 17.1 Å². The molecule has 0 aliphatic carbocycles. The van der Waals surface area contributed by atoms with Crippen molar-refractivity contribution in [3.8, 4) is 0 Å². The molecule has 0 saturated heterocycles. The Balaban J connectivity index is 0.00000169. The van der Waals surface area contributed by atoms with Gasteiger partial charge < -0.3 is 9.67 Å². The number of nitrogens with zero attached hydrogens (tertiary/aromatic N) is 1. The number of hydrogen-bond acceptors (Lipinski definition) is 2. The Bertz CT molecular complexity index is 333. The molecular formula is C10H14NO2Y-. The Morgan fingerprint density at radius 2 is 2.21 bits per heavy atom. The molecule has 1 N–H and O–H groups in total. The van der Waals surface area contributed by atoms with Crippen LogP contribution < -0.4 is 5.56 Å². The van der Waals surface area contributed by atoms with Crippen molar-refractivity contribution in [3.05, 3.63) is 34.2 Å². The summed E-state index contributed by atoms with van der Waals surface area (Å²) in [5.74, 6) is 0.316. The Morgan fingerprint density at radius 3 is 2.64 bits per heavy atom. The molecule has 0 unspecified atom stereocenters. The zero-order valence-corrected chi connectivity index (χ0v) is 11.4. The molecule has 0 aliphatic rings. The van der Waals surface area contributed by atoms with Crippen LogP contribution >= 0.6 is 0 Å². The van der Waals surface area contributed by atoms with Crippen molar-refractivity contribution >= 4 is 0 Å². The van der Waals surface area contributed by atoms with Gasteiger partial charge in [0.2, 0.25) is 0 Å². The smallest absolute Gasteiger partial charge is 0.168 e. The van der Waals surface area contributed by atoms with Crippen molar-refractivity contribution in [1.29, 1.82) is 0 Å². The van der Waals surface area contributed by atoms with E-state index in [1.807, 2.05) is 13.8 Å². The first-order valence-electron chi connectivity index (χ1n) is 4.38. The maximum Gasteiger partial charge on any atom is 0.168 e. The summed E-state index contributed by atoms with van der Waals surface area (Å²) in [6.45, 7) is 4.35. The Morgan fingerprint density at radius 1 is 1.57 bits per heavy atom. The van der Waals surface area contributed by atoms with E-state index in [1.165, 1.54) is 4.57 Å². The number of pyridine rings is 1. The van der Waals surface area contributed by atoms with E-state index in [9.17, 15) is 4.79 Å². The number of aromatic nitrogens is 1. The Labute approximate surface area is 109 Å².